The second kappa shape index (κ2) is 6.87. The van der Waals surface area contributed by atoms with E-state index in [2.05, 4.69) is 11.8 Å². The molecule has 1 aliphatic rings. The first-order chi connectivity index (χ1) is 9.15. The quantitative estimate of drug-likeness (QED) is 0.889. The second-order valence-electron chi connectivity index (χ2n) is 5.26. The predicted molar refractivity (Wildman–Crippen MR) is 72.8 cm³/mol. The number of likely N-dealkylation sites (tertiary alicyclic amines) is 1. The number of aliphatic hydroxyl groups excluding tert-OH is 1. The molecule has 0 spiro atoms. The highest BCUT2D eigenvalue weighted by Crippen LogP contribution is 2.17. The lowest BCUT2D eigenvalue weighted by Gasteiger charge is -2.34. The minimum atomic E-state index is -0.509. The molecule has 19 heavy (non-hydrogen) atoms. The van der Waals surface area contributed by atoms with Gasteiger partial charge in [0.25, 0.3) is 0 Å². The number of rotatable bonds is 5. The molecule has 1 N–H and O–H groups in total. The van der Waals surface area contributed by atoms with E-state index < -0.39 is 6.10 Å². The maximum atomic E-state index is 12.7. The molecular weight excluding hydrogens is 245 g/mol. The Morgan fingerprint density at radius 1 is 1.37 bits per heavy atom. The normalized spacial score (nSPS) is 22.2. The zero-order valence-electron chi connectivity index (χ0n) is 11.4. The van der Waals surface area contributed by atoms with E-state index in [-0.39, 0.29) is 12.4 Å². The molecule has 1 heterocycles. The van der Waals surface area contributed by atoms with Crippen molar-refractivity contribution in [1.82, 2.24) is 4.90 Å². The van der Waals surface area contributed by atoms with Gasteiger partial charge >= 0.3 is 0 Å². The van der Waals surface area contributed by atoms with E-state index in [0.29, 0.717) is 18.3 Å². The molecule has 1 saturated heterocycles. The van der Waals surface area contributed by atoms with E-state index in [1.54, 1.807) is 12.1 Å². The van der Waals surface area contributed by atoms with Crippen molar-refractivity contribution in [3.8, 4) is 5.75 Å². The summed E-state index contributed by atoms with van der Waals surface area (Å²) in [6.45, 7) is 4.14. The summed E-state index contributed by atoms with van der Waals surface area (Å²) >= 11 is 0. The molecule has 2 atom stereocenters. The number of nitrogens with zero attached hydrogens (tertiary/aromatic N) is 1. The van der Waals surface area contributed by atoms with Gasteiger partial charge in [0.1, 0.15) is 24.3 Å². The Bertz CT molecular complexity index is 382. The van der Waals surface area contributed by atoms with Gasteiger partial charge < -0.3 is 9.84 Å². The summed E-state index contributed by atoms with van der Waals surface area (Å²) in [7, 11) is 0. The fourth-order valence-corrected chi connectivity index (χ4v) is 2.48. The van der Waals surface area contributed by atoms with Crippen molar-refractivity contribution in [2.75, 3.05) is 19.7 Å². The van der Waals surface area contributed by atoms with E-state index in [4.69, 9.17) is 4.74 Å². The molecule has 0 bridgehead atoms. The van der Waals surface area contributed by atoms with Crippen LogP contribution < -0.4 is 4.74 Å². The van der Waals surface area contributed by atoms with Crippen LogP contribution in [-0.2, 0) is 0 Å². The standard InChI is InChI=1S/C15H22FNO2/c1-12-4-2-3-9-17(12)10-14(18)11-19-15-7-5-13(16)6-8-15/h5-8,12,14,18H,2-4,9-11H2,1H3. The summed E-state index contributed by atoms with van der Waals surface area (Å²) in [5.41, 5.74) is 0. The van der Waals surface area contributed by atoms with E-state index in [9.17, 15) is 9.50 Å². The van der Waals surface area contributed by atoms with E-state index in [1.165, 1.54) is 31.4 Å². The predicted octanol–water partition coefficient (Wildman–Crippen LogP) is 2.44. The summed E-state index contributed by atoms with van der Waals surface area (Å²) in [5.74, 6) is 0.308. The molecule has 0 radical (unpaired) electrons. The molecule has 2 unspecified atom stereocenters. The van der Waals surface area contributed by atoms with Gasteiger partial charge in [-0.2, -0.15) is 0 Å². The van der Waals surface area contributed by atoms with Gasteiger partial charge in [-0.05, 0) is 50.6 Å². The summed E-state index contributed by atoms with van der Waals surface area (Å²) in [6.07, 6.45) is 3.17. The molecule has 1 aliphatic heterocycles. The van der Waals surface area contributed by atoms with Crippen LogP contribution in [0.15, 0.2) is 24.3 Å². The zero-order chi connectivity index (χ0) is 13.7. The smallest absolute Gasteiger partial charge is 0.123 e. The van der Waals surface area contributed by atoms with E-state index in [0.717, 1.165) is 6.54 Å². The van der Waals surface area contributed by atoms with Crippen molar-refractivity contribution in [3.63, 3.8) is 0 Å². The zero-order valence-corrected chi connectivity index (χ0v) is 11.4. The van der Waals surface area contributed by atoms with Crippen molar-refractivity contribution in [3.05, 3.63) is 30.1 Å². The lowest BCUT2D eigenvalue weighted by Crippen LogP contribution is -2.43. The van der Waals surface area contributed by atoms with Gasteiger partial charge in [-0.3, -0.25) is 4.90 Å². The van der Waals surface area contributed by atoms with Crippen LogP contribution in [0.4, 0.5) is 4.39 Å². The highest BCUT2D eigenvalue weighted by atomic mass is 19.1. The Balaban J connectivity index is 1.74. The Labute approximate surface area is 114 Å². The third-order valence-corrected chi connectivity index (χ3v) is 3.64. The number of halogens is 1. The lowest BCUT2D eigenvalue weighted by molar-refractivity contribution is 0.0437. The van der Waals surface area contributed by atoms with Crippen LogP contribution in [0, 0.1) is 5.82 Å². The van der Waals surface area contributed by atoms with Crippen LogP contribution in [0.3, 0.4) is 0 Å². The fraction of sp³-hybridized carbons (Fsp3) is 0.600. The Kier molecular flexibility index (Phi) is 5.16. The van der Waals surface area contributed by atoms with Gasteiger partial charge in [-0.1, -0.05) is 6.42 Å². The Hall–Kier alpha value is -1.13. The van der Waals surface area contributed by atoms with Gasteiger partial charge in [0.05, 0.1) is 0 Å². The van der Waals surface area contributed by atoms with Gasteiger partial charge in [0, 0.05) is 12.6 Å². The summed E-state index contributed by atoms with van der Waals surface area (Å²) in [6, 6.07) is 6.40. The van der Waals surface area contributed by atoms with Crippen molar-refractivity contribution in [2.45, 2.75) is 38.3 Å². The lowest BCUT2D eigenvalue weighted by atomic mass is 10.0. The molecule has 1 fully saturated rings. The van der Waals surface area contributed by atoms with Crippen molar-refractivity contribution < 1.29 is 14.2 Å². The maximum absolute atomic E-state index is 12.7. The maximum Gasteiger partial charge on any atom is 0.123 e. The second-order valence-corrected chi connectivity index (χ2v) is 5.26. The highest BCUT2D eigenvalue weighted by Gasteiger charge is 2.20. The Morgan fingerprint density at radius 2 is 2.11 bits per heavy atom. The number of hydrogen-bond acceptors (Lipinski definition) is 3. The van der Waals surface area contributed by atoms with Crippen molar-refractivity contribution in [1.29, 1.82) is 0 Å². The monoisotopic (exact) mass is 267 g/mol. The summed E-state index contributed by atoms with van der Waals surface area (Å²) in [4.78, 5) is 2.31. The van der Waals surface area contributed by atoms with E-state index >= 15 is 0 Å². The molecule has 0 aromatic heterocycles. The molecule has 106 valence electrons. The first-order valence-electron chi connectivity index (χ1n) is 6.95. The molecule has 0 aliphatic carbocycles. The molecule has 1 aromatic carbocycles. The van der Waals surface area contributed by atoms with Gasteiger partial charge in [0.15, 0.2) is 0 Å². The molecule has 0 saturated carbocycles. The van der Waals surface area contributed by atoms with Crippen molar-refractivity contribution >= 4 is 0 Å². The molecule has 0 amide bonds. The SMILES string of the molecule is CC1CCCCN1CC(O)COc1ccc(F)cc1. The Morgan fingerprint density at radius 3 is 2.79 bits per heavy atom. The van der Waals surface area contributed by atoms with Gasteiger partial charge in [-0.25, -0.2) is 4.39 Å². The van der Waals surface area contributed by atoms with Gasteiger partial charge in [0.2, 0.25) is 0 Å². The third kappa shape index (κ3) is 4.48. The largest absolute Gasteiger partial charge is 0.491 e. The molecule has 1 aromatic rings. The number of aliphatic hydroxyl groups is 1. The summed E-state index contributed by atoms with van der Waals surface area (Å²) in [5, 5.41) is 9.99. The average Bonchev–Trinajstić information content (AvgIpc) is 2.41. The van der Waals surface area contributed by atoms with Crippen LogP contribution in [-0.4, -0.2) is 41.8 Å². The third-order valence-electron chi connectivity index (χ3n) is 3.64. The highest BCUT2D eigenvalue weighted by molar-refractivity contribution is 5.22. The minimum Gasteiger partial charge on any atom is -0.491 e. The topological polar surface area (TPSA) is 32.7 Å². The molecular formula is C15H22FNO2. The van der Waals surface area contributed by atoms with Crippen LogP contribution in [0.1, 0.15) is 26.2 Å². The van der Waals surface area contributed by atoms with Crippen molar-refractivity contribution in [2.24, 2.45) is 0 Å². The van der Waals surface area contributed by atoms with Crippen LogP contribution in [0.2, 0.25) is 0 Å². The number of benzene rings is 1. The molecule has 4 heteroatoms. The molecule has 3 nitrogen and oxygen atoms in total. The number of hydrogen-bond donors (Lipinski definition) is 1. The van der Waals surface area contributed by atoms with Crippen LogP contribution in [0.5, 0.6) is 5.75 Å². The van der Waals surface area contributed by atoms with Crippen LogP contribution >= 0.6 is 0 Å². The van der Waals surface area contributed by atoms with Gasteiger partial charge in [-0.15, -0.1) is 0 Å². The first-order valence-corrected chi connectivity index (χ1v) is 6.95. The average molecular weight is 267 g/mol. The number of ether oxygens (including phenoxy) is 1. The number of β-amino-alcohol motifs (C(OH)–C–C–N with tert-alkyl or cyclic N) is 1. The van der Waals surface area contributed by atoms with E-state index in [1.807, 2.05) is 0 Å². The fourth-order valence-electron chi connectivity index (χ4n) is 2.48. The minimum absolute atomic E-state index is 0.245. The van der Waals surface area contributed by atoms with Crippen LogP contribution in [0.25, 0.3) is 0 Å². The molecule has 2 rings (SSSR count). The first kappa shape index (κ1) is 14.3. The summed E-state index contributed by atoms with van der Waals surface area (Å²) < 4.78 is 18.2. The number of piperidine rings is 1.